The van der Waals surface area contributed by atoms with Gasteiger partial charge >= 0.3 is 0 Å². The Balaban J connectivity index is 3.04. The highest BCUT2D eigenvalue weighted by atomic mass is 15.0. The monoisotopic (exact) mass is 161 g/mol. The first-order valence-electron chi connectivity index (χ1n) is 3.18. The van der Waals surface area contributed by atoms with Crippen LogP contribution in [0.3, 0.4) is 0 Å². The van der Waals surface area contributed by atoms with Gasteiger partial charge in [0.1, 0.15) is 0 Å². The average Bonchev–Trinajstić information content (AvgIpc) is 2.03. The third-order valence-corrected chi connectivity index (χ3v) is 1.12. The van der Waals surface area contributed by atoms with Gasteiger partial charge in [-0.25, -0.2) is 4.98 Å². The van der Waals surface area contributed by atoms with Gasteiger partial charge in [-0.2, -0.15) is 10.3 Å². The molecule has 1 rings (SSSR count). The standard InChI is InChI=1S/C7H7N5/c8-4-5-1-2-11-6(3-5)12-7(9)10/h1-3H,(H4,9,10,11,12). The highest BCUT2D eigenvalue weighted by Crippen LogP contribution is 2.08. The quantitative estimate of drug-likeness (QED) is 0.442. The van der Waals surface area contributed by atoms with E-state index in [0.29, 0.717) is 11.4 Å². The number of rotatable bonds is 1. The van der Waals surface area contributed by atoms with Crippen LogP contribution in [0, 0.1) is 11.3 Å². The molecule has 0 fully saturated rings. The Hall–Kier alpha value is -2.09. The predicted octanol–water partition coefficient (Wildman–Crippen LogP) is -0.142. The number of nitrogens with zero attached hydrogens (tertiary/aromatic N) is 3. The molecule has 0 atom stereocenters. The SMILES string of the molecule is N#Cc1ccnc(N=C(N)N)c1. The Kier molecular flexibility index (Phi) is 2.23. The minimum atomic E-state index is -0.0717. The lowest BCUT2D eigenvalue weighted by Crippen LogP contribution is -2.22. The van der Waals surface area contributed by atoms with E-state index in [1.54, 1.807) is 6.07 Å². The fourth-order valence-corrected chi connectivity index (χ4v) is 0.681. The number of hydrogen-bond donors (Lipinski definition) is 2. The number of nitriles is 1. The van der Waals surface area contributed by atoms with Crippen molar-refractivity contribution in [2.75, 3.05) is 0 Å². The Bertz CT molecular complexity index is 345. The summed E-state index contributed by atoms with van der Waals surface area (Å²) in [7, 11) is 0. The maximum Gasteiger partial charge on any atom is 0.192 e. The third-order valence-electron chi connectivity index (χ3n) is 1.12. The summed E-state index contributed by atoms with van der Waals surface area (Å²) in [6.45, 7) is 0. The fourth-order valence-electron chi connectivity index (χ4n) is 0.681. The van der Waals surface area contributed by atoms with E-state index in [0.717, 1.165) is 0 Å². The van der Waals surface area contributed by atoms with Crippen LogP contribution >= 0.6 is 0 Å². The van der Waals surface area contributed by atoms with Crippen molar-refractivity contribution in [1.82, 2.24) is 4.98 Å². The van der Waals surface area contributed by atoms with Gasteiger partial charge in [-0.3, -0.25) is 0 Å². The van der Waals surface area contributed by atoms with E-state index in [1.807, 2.05) is 6.07 Å². The first kappa shape index (κ1) is 8.01. The molecule has 0 aliphatic rings. The second-order valence-electron chi connectivity index (χ2n) is 2.05. The summed E-state index contributed by atoms with van der Waals surface area (Å²) < 4.78 is 0. The van der Waals surface area contributed by atoms with E-state index >= 15 is 0 Å². The van der Waals surface area contributed by atoms with Gasteiger partial charge in [-0.05, 0) is 6.07 Å². The normalized spacial score (nSPS) is 8.58. The van der Waals surface area contributed by atoms with E-state index in [1.165, 1.54) is 12.3 Å². The van der Waals surface area contributed by atoms with Crippen LogP contribution in [-0.2, 0) is 0 Å². The van der Waals surface area contributed by atoms with Crippen LogP contribution in [0.4, 0.5) is 5.82 Å². The van der Waals surface area contributed by atoms with Gasteiger partial charge in [0.25, 0.3) is 0 Å². The molecule has 1 heterocycles. The molecule has 0 aliphatic heterocycles. The predicted molar refractivity (Wildman–Crippen MR) is 44.4 cm³/mol. The first-order valence-corrected chi connectivity index (χ1v) is 3.18. The maximum atomic E-state index is 8.51. The zero-order chi connectivity index (χ0) is 8.97. The summed E-state index contributed by atoms with van der Waals surface area (Å²) in [6.07, 6.45) is 1.47. The molecular formula is C7H7N5. The molecule has 60 valence electrons. The minimum absolute atomic E-state index is 0.0717. The zero-order valence-electron chi connectivity index (χ0n) is 6.23. The lowest BCUT2D eigenvalue weighted by molar-refractivity contribution is 1.25. The van der Waals surface area contributed by atoms with Crippen LogP contribution in [-0.4, -0.2) is 10.9 Å². The van der Waals surface area contributed by atoms with Crippen LogP contribution in [0.15, 0.2) is 23.3 Å². The smallest absolute Gasteiger partial charge is 0.192 e. The van der Waals surface area contributed by atoms with E-state index in [2.05, 4.69) is 9.98 Å². The Morgan fingerprint density at radius 2 is 2.33 bits per heavy atom. The zero-order valence-corrected chi connectivity index (χ0v) is 6.23. The average molecular weight is 161 g/mol. The summed E-state index contributed by atoms with van der Waals surface area (Å²) in [6, 6.07) is 5.02. The van der Waals surface area contributed by atoms with E-state index in [9.17, 15) is 0 Å². The molecule has 0 saturated carbocycles. The van der Waals surface area contributed by atoms with E-state index in [4.69, 9.17) is 16.7 Å². The van der Waals surface area contributed by atoms with Gasteiger partial charge < -0.3 is 11.5 Å². The highest BCUT2D eigenvalue weighted by molar-refractivity contribution is 5.78. The van der Waals surface area contributed by atoms with Gasteiger partial charge in [-0.1, -0.05) is 0 Å². The first-order chi connectivity index (χ1) is 5.72. The fraction of sp³-hybridized carbons (Fsp3) is 0. The summed E-state index contributed by atoms with van der Waals surface area (Å²) in [5, 5.41) is 8.51. The van der Waals surface area contributed by atoms with Crippen molar-refractivity contribution in [2.24, 2.45) is 16.5 Å². The molecule has 5 nitrogen and oxygen atoms in total. The van der Waals surface area contributed by atoms with Gasteiger partial charge in [0, 0.05) is 12.3 Å². The Labute approximate surface area is 69.3 Å². The topological polar surface area (TPSA) is 101 Å². The molecule has 0 radical (unpaired) electrons. The van der Waals surface area contributed by atoms with Crippen molar-refractivity contribution in [1.29, 1.82) is 5.26 Å². The molecule has 5 heteroatoms. The largest absolute Gasteiger partial charge is 0.370 e. The lowest BCUT2D eigenvalue weighted by Gasteiger charge is -1.93. The molecular weight excluding hydrogens is 154 g/mol. The minimum Gasteiger partial charge on any atom is -0.370 e. The summed E-state index contributed by atoms with van der Waals surface area (Å²) >= 11 is 0. The second kappa shape index (κ2) is 3.34. The molecule has 0 aromatic carbocycles. The highest BCUT2D eigenvalue weighted by Gasteiger charge is 1.93. The van der Waals surface area contributed by atoms with Crippen molar-refractivity contribution in [3.05, 3.63) is 23.9 Å². The van der Waals surface area contributed by atoms with Gasteiger partial charge in [0.15, 0.2) is 11.8 Å². The number of hydrogen-bond acceptors (Lipinski definition) is 3. The second-order valence-corrected chi connectivity index (χ2v) is 2.05. The molecule has 1 aromatic heterocycles. The number of aromatic nitrogens is 1. The molecule has 0 bridgehead atoms. The van der Waals surface area contributed by atoms with E-state index < -0.39 is 0 Å². The van der Waals surface area contributed by atoms with Crippen molar-refractivity contribution in [2.45, 2.75) is 0 Å². The Morgan fingerprint density at radius 3 is 2.92 bits per heavy atom. The molecule has 0 saturated heterocycles. The maximum absolute atomic E-state index is 8.51. The molecule has 0 aliphatic carbocycles. The van der Waals surface area contributed by atoms with Gasteiger partial charge in [0.05, 0.1) is 11.6 Å². The van der Waals surface area contributed by atoms with Crippen molar-refractivity contribution < 1.29 is 0 Å². The molecule has 4 N–H and O–H groups in total. The van der Waals surface area contributed by atoms with Crippen LogP contribution in [0.5, 0.6) is 0 Å². The number of guanidine groups is 1. The molecule has 0 unspecified atom stereocenters. The number of nitrogens with two attached hydrogens (primary N) is 2. The van der Waals surface area contributed by atoms with Crippen LogP contribution in [0.1, 0.15) is 5.56 Å². The van der Waals surface area contributed by atoms with Crippen molar-refractivity contribution in [3.8, 4) is 6.07 Å². The molecule has 0 spiro atoms. The summed E-state index contributed by atoms with van der Waals surface area (Å²) in [4.78, 5) is 7.51. The van der Waals surface area contributed by atoms with Gasteiger partial charge in [-0.15, -0.1) is 0 Å². The molecule has 12 heavy (non-hydrogen) atoms. The van der Waals surface area contributed by atoms with E-state index in [-0.39, 0.29) is 5.96 Å². The van der Waals surface area contributed by atoms with Crippen LogP contribution in [0.25, 0.3) is 0 Å². The number of aliphatic imine (C=N–C) groups is 1. The molecule has 0 amide bonds. The molecule has 1 aromatic rings. The summed E-state index contributed by atoms with van der Waals surface area (Å²) in [5.41, 5.74) is 10.7. The lowest BCUT2D eigenvalue weighted by atomic mass is 10.3. The Morgan fingerprint density at radius 1 is 1.58 bits per heavy atom. The number of pyridine rings is 1. The third kappa shape index (κ3) is 1.95. The van der Waals surface area contributed by atoms with Crippen LogP contribution < -0.4 is 11.5 Å². The summed E-state index contributed by atoms with van der Waals surface area (Å²) in [5.74, 6) is 0.270. The van der Waals surface area contributed by atoms with Crippen molar-refractivity contribution in [3.63, 3.8) is 0 Å². The van der Waals surface area contributed by atoms with Crippen LogP contribution in [0.2, 0.25) is 0 Å². The van der Waals surface area contributed by atoms with Gasteiger partial charge in [0.2, 0.25) is 0 Å². The van der Waals surface area contributed by atoms with Crippen molar-refractivity contribution >= 4 is 11.8 Å².